The summed E-state index contributed by atoms with van der Waals surface area (Å²) in [6, 6.07) is 5.57. The topological polar surface area (TPSA) is 79.5 Å². The van der Waals surface area contributed by atoms with Gasteiger partial charge in [0.05, 0.1) is 19.8 Å². The van der Waals surface area contributed by atoms with Gasteiger partial charge in [-0.05, 0) is 30.7 Å². The Hall–Kier alpha value is -1.15. The van der Waals surface area contributed by atoms with Gasteiger partial charge in [0.25, 0.3) is 0 Å². The number of ether oxygens (including phenoxy) is 1. The summed E-state index contributed by atoms with van der Waals surface area (Å²) in [7, 11) is 0. The Balaban J connectivity index is 0.00000264. The fraction of sp³-hybridized carbons (Fsp3) is 0.467. The summed E-state index contributed by atoms with van der Waals surface area (Å²) >= 11 is 3.41. The molecule has 1 aromatic carbocycles. The predicted octanol–water partition coefficient (Wildman–Crippen LogP) is 1.61. The normalized spacial score (nSPS) is 17.0. The zero-order chi connectivity index (χ0) is 15.9. The lowest BCUT2D eigenvalue weighted by molar-refractivity contribution is -0.125. The number of morpholine rings is 1. The molecule has 0 radical (unpaired) electrons. The number of benzene rings is 1. The minimum absolute atomic E-state index is 0. The fourth-order valence-electron chi connectivity index (χ4n) is 2.15. The Morgan fingerprint density at radius 3 is 2.83 bits per heavy atom. The smallest absolute Gasteiger partial charge is 0.243 e. The van der Waals surface area contributed by atoms with E-state index in [1.165, 1.54) is 0 Å². The van der Waals surface area contributed by atoms with Gasteiger partial charge in [-0.15, -0.1) is 12.4 Å². The summed E-state index contributed by atoms with van der Waals surface area (Å²) in [5.41, 5.74) is 1.74. The highest BCUT2D eigenvalue weighted by molar-refractivity contribution is 9.10. The summed E-state index contributed by atoms with van der Waals surface area (Å²) in [5, 5.41) is 8.57. The van der Waals surface area contributed by atoms with E-state index in [0.29, 0.717) is 25.3 Å². The van der Waals surface area contributed by atoms with Crippen molar-refractivity contribution in [1.82, 2.24) is 10.6 Å². The van der Waals surface area contributed by atoms with Crippen molar-refractivity contribution < 1.29 is 14.3 Å². The first-order chi connectivity index (χ1) is 10.5. The number of rotatable bonds is 5. The van der Waals surface area contributed by atoms with E-state index >= 15 is 0 Å². The summed E-state index contributed by atoms with van der Waals surface area (Å²) in [5.74, 6) is -0.409. The van der Waals surface area contributed by atoms with E-state index in [1.54, 1.807) is 6.07 Å². The standard InChI is InChI=1S/C15H20BrN3O3.ClH/c1-10-6-11(2-3-13(10)16)19-15(21)8-18-14(20)7-12-9-22-5-4-17-12;/h2-3,6,12,17H,4-5,7-9H2,1H3,(H,18,20)(H,19,21);1H. The van der Waals surface area contributed by atoms with Crippen LogP contribution >= 0.6 is 28.3 Å². The van der Waals surface area contributed by atoms with Crippen LogP contribution in [-0.4, -0.2) is 44.2 Å². The van der Waals surface area contributed by atoms with Crippen molar-refractivity contribution in [3.05, 3.63) is 28.2 Å². The predicted molar refractivity (Wildman–Crippen MR) is 95.0 cm³/mol. The number of carbonyl (C=O) groups is 2. The van der Waals surface area contributed by atoms with Crippen LogP contribution in [0.15, 0.2) is 22.7 Å². The van der Waals surface area contributed by atoms with Crippen molar-refractivity contribution in [3.8, 4) is 0 Å². The van der Waals surface area contributed by atoms with Gasteiger partial charge in [0.1, 0.15) is 0 Å². The van der Waals surface area contributed by atoms with E-state index in [0.717, 1.165) is 16.6 Å². The van der Waals surface area contributed by atoms with Gasteiger partial charge in [0.15, 0.2) is 0 Å². The molecule has 128 valence electrons. The maximum Gasteiger partial charge on any atom is 0.243 e. The molecule has 8 heteroatoms. The molecule has 1 heterocycles. The largest absolute Gasteiger partial charge is 0.378 e. The number of hydrogen-bond donors (Lipinski definition) is 3. The van der Waals surface area contributed by atoms with Crippen LogP contribution in [0.5, 0.6) is 0 Å². The third kappa shape index (κ3) is 6.87. The van der Waals surface area contributed by atoms with E-state index in [2.05, 4.69) is 31.9 Å². The van der Waals surface area contributed by atoms with Crippen molar-refractivity contribution in [2.45, 2.75) is 19.4 Å². The van der Waals surface area contributed by atoms with Crippen molar-refractivity contribution >= 4 is 45.8 Å². The molecule has 2 amide bonds. The minimum atomic E-state index is -0.247. The summed E-state index contributed by atoms with van der Waals surface area (Å²) < 4.78 is 6.27. The van der Waals surface area contributed by atoms with Gasteiger partial charge in [-0.25, -0.2) is 0 Å². The third-order valence-electron chi connectivity index (χ3n) is 3.32. The van der Waals surface area contributed by atoms with E-state index in [1.807, 2.05) is 19.1 Å². The summed E-state index contributed by atoms with van der Waals surface area (Å²) in [6.07, 6.45) is 0.310. The molecule has 1 fully saturated rings. The SMILES string of the molecule is Cc1cc(NC(=O)CNC(=O)CC2COCCN2)ccc1Br.Cl. The molecule has 2 rings (SSSR count). The zero-order valence-corrected chi connectivity index (χ0v) is 15.3. The van der Waals surface area contributed by atoms with Gasteiger partial charge in [-0.1, -0.05) is 15.9 Å². The molecular formula is C15H21BrClN3O3. The Labute approximate surface area is 150 Å². The number of hydrogen-bond acceptors (Lipinski definition) is 4. The second-order valence-electron chi connectivity index (χ2n) is 5.22. The maximum absolute atomic E-state index is 11.8. The quantitative estimate of drug-likeness (QED) is 0.694. The Bertz CT molecular complexity index is 551. The molecule has 0 spiro atoms. The highest BCUT2D eigenvalue weighted by atomic mass is 79.9. The molecule has 0 saturated carbocycles. The van der Waals surface area contributed by atoms with E-state index < -0.39 is 0 Å². The lowest BCUT2D eigenvalue weighted by Gasteiger charge is -2.23. The van der Waals surface area contributed by atoms with Gasteiger partial charge < -0.3 is 20.7 Å². The molecule has 23 heavy (non-hydrogen) atoms. The van der Waals surface area contributed by atoms with E-state index in [9.17, 15) is 9.59 Å². The second kappa shape index (κ2) is 9.87. The molecule has 1 aromatic rings. The second-order valence-corrected chi connectivity index (χ2v) is 6.07. The van der Waals surface area contributed by atoms with Gasteiger partial charge in [0.2, 0.25) is 11.8 Å². The molecule has 1 atom stereocenters. The lowest BCUT2D eigenvalue weighted by atomic mass is 10.2. The summed E-state index contributed by atoms with van der Waals surface area (Å²) in [4.78, 5) is 23.6. The minimum Gasteiger partial charge on any atom is -0.378 e. The average molecular weight is 407 g/mol. The van der Waals surface area contributed by atoms with Crippen LogP contribution in [0.2, 0.25) is 0 Å². The van der Waals surface area contributed by atoms with Crippen molar-refractivity contribution in [2.75, 3.05) is 31.6 Å². The van der Waals surface area contributed by atoms with Crippen LogP contribution in [0.1, 0.15) is 12.0 Å². The van der Waals surface area contributed by atoms with Crippen LogP contribution < -0.4 is 16.0 Å². The fourth-order valence-corrected chi connectivity index (χ4v) is 2.40. The molecule has 1 unspecified atom stereocenters. The zero-order valence-electron chi connectivity index (χ0n) is 12.9. The molecule has 0 aromatic heterocycles. The van der Waals surface area contributed by atoms with Crippen molar-refractivity contribution in [2.24, 2.45) is 0 Å². The molecule has 1 saturated heterocycles. The first-order valence-corrected chi connectivity index (χ1v) is 7.97. The van der Waals surface area contributed by atoms with E-state index in [4.69, 9.17) is 4.74 Å². The number of aryl methyl sites for hydroxylation is 1. The first kappa shape index (κ1) is 19.9. The molecule has 3 N–H and O–H groups in total. The molecule has 6 nitrogen and oxygen atoms in total. The monoisotopic (exact) mass is 405 g/mol. The number of anilines is 1. The Morgan fingerprint density at radius 1 is 1.39 bits per heavy atom. The van der Waals surface area contributed by atoms with Gasteiger partial charge in [-0.2, -0.15) is 0 Å². The number of amides is 2. The van der Waals surface area contributed by atoms with Crippen LogP contribution in [0.3, 0.4) is 0 Å². The molecule has 1 aliphatic rings. The lowest BCUT2D eigenvalue weighted by Crippen LogP contribution is -2.45. The highest BCUT2D eigenvalue weighted by Crippen LogP contribution is 2.19. The molecular weight excluding hydrogens is 386 g/mol. The van der Waals surface area contributed by atoms with Crippen molar-refractivity contribution in [3.63, 3.8) is 0 Å². The van der Waals surface area contributed by atoms with Crippen LogP contribution in [-0.2, 0) is 14.3 Å². The van der Waals surface area contributed by atoms with E-state index in [-0.39, 0.29) is 36.8 Å². The highest BCUT2D eigenvalue weighted by Gasteiger charge is 2.17. The molecule has 1 aliphatic heterocycles. The first-order valence-electron chi connectivity index (χ1n) is 7.18. The van der Waals surface area contributed by atoms with Crippen molar-refractivity contribution in [1.29, 1.82) is 0 Å². The van der Waals surface area contributed by atoms with Gasteiger partial charge >= 0.3 is 0 Å². The molecule has 0 aliphatic carbocycles. The van der Waals surface area contributed by atoms with Crippen LogP contribution in [0.4, 0.5) is 5.69 Å². The number of carbonyl (C=O) groups excluding carboxylic acids is 2. The Kier molecular flexibility index (Phi) is 8.54. The van der Waals surface area contributed by atoms with Crippen LogP contribution in [0, 0.1) is 6.92 Å². The number of nitrogens with one attached hydrogen (secondary N) is 3. The van der Waals surface area contributed by atoms with Gasteiger partial charge in [0, 0.05) is 29.2 Å². The number of halogens is 2. The Morgan fingerprint density at radius 2 is 2.17 bits per heavy atom. The third-order valence-corrected chi connectivity index (χ3v) is 4.21. The molecule has 0 bridgehead atoms. The maximum atomic E-state index is 11.8. The van der Waals surface area contributed by atoms with Gasteiger partial charge in [-0.3, -0.25) is 9.59 Å². The average Bonchev–Trinajstić information content (AvgIpc) is 2.50. The van der Waals surface area contributed by atoms with Crippen LogP contribution in [0.25, 0.3) is 0 Å². The summed E-state index contributed by atoms with van der Waals surface area (Å²) in [6.45, 7) is 3.86.